The van der Waals surface area contributed by atoms with Crippen LogP contribution in [0.1, 0.15) is 25.8 Å². The highest BCUT2D eigenvalue weighted by Crippen LogP contribution is 2.18. The Hall–Kier alpha value is -0.930. The Morgan fingerprint density at radius 1 is 1.21 bits per heavy atom. The number of aryl methyl sites for hydroxylation is 1. The van der Waals surface area contributed by atoms with Crippen molar-refractivity contribution in [3.63, 3.8) is 0 Å². The fraction of sp³-hybridized carbons (Fsp3) is 0.500. The molecule has 0 aliphatic carbocycles. The molecule has 3 heteroatoms. The van der Waals surface area contributed by atoms with Crippen LogP contribution in [0.15, 0.2) is 30.5 Å². The maximum Gasteiger partial charge on any atom is 0.0480 e. The summed E-state index contributed by atoms with van der Waals surface area (Å²) in [4.78, 5) is 0. The number of fused-ring (bicyclic) bond motifs is 1. The first kappa shape index (κ1) is 14.5. The number of hydrogen-bond donors (Lipinski definition) is 1. The summed E-state index contributed by atoms with van der Waals surface area (Å²) in [5.74, 6) is 2.48. The molecule has 1 N–H and O–H groups in total. The average Bonchev–Trinajstić information content (AvgIpc) is 2.84. The van der Waals surface area contributed by atoms with Crippen molar-refractivity contribution in [3.05, 3.63) is 36.0 Å². The van der Waals surface area contributed by atoms with Gasteiger partial charge in [0.2, 0.25) is 0 Å². The Bertz CT molecular complexity index is 504. The van der Waals surface area contributed by atoms with Crippen molar-refractivity contribution in [1.29, 1.82) is 0 Å². The third kappa shape index (κ3) is 4.02. The number of nitrogens with zero attached hydrogens (tertiary/aromatic N) is 1. The second-order valence-electron chi connectivity index (χ2n) is 4.73. The molecule has 0 aliphatic heterocycles. The molecule has 1 aromatic carbocycles. The van der Waals surface area contributed by atoms with Gasteiger partial charge >= 0.3 is 0 Å². The molecule has 1 heterocycles. The first-order valence-electron chi connectivity index (χ1n) is 7.21. The van der Waals surface area contributed by atoms with Crippen LogP contribution in [-0.4, -0.2) is 22.6 Å². The summed E-state index contributed by atoms with van der Waals surface area (Å²) in [6.45, 7) is 7.48. The zero-order valence-electron chi connectivity index (χ0n) is 12.0. The Morgan fingerprint density at radius 2 is 2.11 bits per heavy atom. The highest BCUT2D eigenvalue weighted by molar-refractivity contribution is 7.99. The van der Waals surface area contributed by atoms with E-state index in [0.717, 1.165) is 19.6 Å². The molecular formula is C16H24N2S. The zero-order valence-corrected chi connectivity index (χ0v) is 12.8. The molecular weight excluding hydrogens is 252 g/mol. The van der Waals surface area contributed by atoms with Crippen LogP contribution < -0.4 is 5.32 Å². The third-order valence-electron chi connectivity index (χ3n) is 3.31. The molecule has 0 fully saturated rings. The van der Waals surface area contributed by atoms with E-state index in [1.165, 1.54) is 34.4 Å². The van der Waals surface area contributed by atoms with Gasteiger partial charge in [-0.25, -0.2) is 0 Å². The Labute approximate surface area is 120 Å². The van der Waals surface area contributed by atoms with Crippen LogP contribution in [0.4, 0.5) is 0 Å². The minimum atomic E-state index is 0.963. The summed E-state index contributed by atoms with van der Waals surface area (Å²) in [7, 11) is 0. The van der Waals surface area contributed by atoms with Crippen molar-refractivity contribution in [2.45, 2.75) is 33.4 Å². The molecule has 19 heavy (non-hydrogen) atoms. The van der Waals surface area contributed by atoms with Crippen LogP contribution in [0, 0.1) is 0 Å². The normalized spacial score (nSPS) is 11.3. The predicted molar refractivity (Wildman–Crippen MR) is 86.9 cm³/mol. The first-order chi connectivity index (χ1) is 9.35. The summed E-state index contributed by atoms with van der Waals surface area (Å²) >= 11 is 2.03. The third-order valence-corrected chi connectivity index (χ3v) is 4.29. The molecule has 0 amide bonds. The molecule has 0 spiro atoms. The van der Waals surface area contributed by atoms with Gasteiger partial charge in [0.1, 0.15) is 0 Å². The van der Waals surface area contributed by atoms with Gasteiger partial charge in [0.05, 0.1) is 0 Å². The van der Waals surface area contributed by atoms with Gasteiger partial charge in [-0.1, -0.05) is 19.9 Å². The minimum absolute atomic E-state index is 0.963. The summed E-state index contributed by atoms with van der Waals surface area (Å²) in [6.07, 6.45) is 3.47. The number of benzene rings is 1. The lowest BCUT2D eigenvalue weighted by Crippen LogP contribution is -2.11. The highest BCUT2D eigenvalue weighted by Gasteiger charge is 2.02. The van der Waals surface area contributed by atoms with Crippen LogP contribution in [-0.2, 0) is 13.1 Å². The fourth-order valence-electron chi connectivity index (χ4n) is 2.31. The van der Waals surface area contributed by atoms with Crippen LogP contribution in [0.5, 0.6) is 0 Å². The van der Waals surface area contributed by atoms with Gasteiger partial charge < -0.3 is 9.88 Å². The van der Waals surface area contributed by atoms with Gasteiger partial charge in [0.15, 0.2) is 0 Å². The number of rotatable bonds is 8. The number of thioether (sulfide) groups is 1. The summed E-state index contributed by atoms with van der Waals surface area (Å²) < 4.78 is 2.38. The molecule has 0 atom stereocenters. The lowest BCUT2D eigenvalue weighted by molar-refractivity contribution is 0.708. The molecule has 104 valence electrons. The van der Waals surface area contributed by atoms with Gasteiger partial charge in [0.25, 0.3) is 0 Å². The van der Waals surface area contributed by atoms with E-state index >= 15 is 0 Å². The monoisotopic (exact) mass is 276 g/mol. The fourth-order valence-corrected chi connectivity index (χ4v) is 2.93. The van der Waals surface area contributed by atoms with E-state index in [2.05, 4.69) is 54.2 Å². The van der Waals surface area contributed by atoms with E-state index in [-0.39, 0.29) is 0 Å². The van der Waals surface area contributed by atoms with E-state index in [1.807, 2.05) is 11.8 Å². The molecule has 2 rings (SSSR count). The molecule has 2 aromatic rings. The number of aromatic nitrogens is 1. The summed E-state index contributed by atoms with van der Waals surface area (Å²) in [5, 5.41) is 4.73. The lowest BCUT2D eigenvalue weighted by Gasteiger charge is -2.06. The van der Waals surface area contributed by atoms with Crippen molar-refractivity contribution < 1.29 is 0 Å². The second-order valence-corrected chi connectivity index (χ2v) is 6.13. The maximum atomic E-state index is 3.37. The van der Waals surface area contributed by atoms with Gasteiger partial charge in [-0.15, -0.1) is 0 Å². The van der Waals surface area contributed by atoms with Gasteiger partial charge in [-0.3, -0.25) is 0 Å². The SMILES string of the molecule is CCNCc1ccc2c(ccn2CCCSCC)c1. The van der Waals surface area contributed by atoms with E-state index < -0.39 is 0 Å². The quantitative estimate of drug-likeness (QED) is 0.737. The standard InChI is InChI=1S/C16H24N2S/c1-3-17-13-14-6-7-16-15(12-14)8-10-18(16)9-5-11-19-4-2/h6-8,10,12,17H,3-5,9,11,13H2,1-2H3. The van der Waals surface area contributed by atoms with Gasteiger partial charge in [-0.2, -0.15) is 11.8 Å². The molecule has 0 bridgehead atoms. The smallest absolute Gasteiger partial charge is 0.0480 e. The van der Waals surface area contributed by atoms with Crippen molar-refractivity contribution in [1.82, 2.24) is 9.88 Å². The Kier molecular flexibility index (Phi) is 5.80. The second kappa shape index (κ2) is 7.61. The summed E-state index contributed by atoms with van der Waals surface area (Å²) in [5.41, 5.74) is 2.73. The molecule has 1 aromatic heterocycles. The highest BCUT2D eigenvalue weighted by atomic mass is 32.2. The van der Waals surface area contributed by atoms with Gasteiger partial charge in [-0.05, 0) is 53.6 Å². The molecule has 0 radical (unpaired) electrons. The molecule has 0 saturated carbocycles. The molecule has 0 aliphatic rings. The Morgan fingerprint density at radius 3 is 2.89 bits per heavy atom. The Balaban J connectivity index is 2.02. The van der Waals surface area contributed by atoms with Crippen molar-refractivity contribution in [2.24, 2.45) is 0 Å². The number of hydrogen-bond acceptors (Lipinski definition) is 2. The number of nitrogens with one attached hydrogen (secondary N) is 1. The van der Waals surface area contributed by atoms with Crippen LogP contribution >= 0.6 is 11.8 Å². The van der Waals surface area contributed by atoms with E-state index in [0.29, 0.717) is 0 Å². The van der Waals surface area contributed by atoms with E-state index in [9.17, 15) is 0 Å². The molecule has 0 saturated heterocycles. The van der Waals surface area contributed by atoms with Crippen molar-refractivity contribution in [3.8, 4) is 0 Å². The van der Waals surface area contributed by atoms with E-state index in [1.54, 1.807) is 0 Å². The maximum absolute atomic E-state index is 3.37. The summed E-state index contributed by atoms with van der Waals surface area (Å²) in [6, 6.07) is 9.03. The van der Waals surface area contributed by atoms with Crippen LogP contribution in [0.3, 0.4) is 0 Å². The van der Waals surface area contributed by atoms with E-state index in [4.69, 9.17) is 0 Å². The largest absolute Gasteiger partial charge is 0.347 e. The first-order valence-corrected chi connectivity index (χ1v) is 8.37. The minimum Gasteiger partial charge on any atom is -0.347 e. The van der Waals surface area contributed by atoms with Crippen molar-refractivity contribution >= 4 is 22.7 Å². The zero-order chi connectivity index (χ0) is 13.5. The average molecular weight is 276 g/mol. The predicted octanol–water partition coefficient (Wildman–Crippen LogP) is 3.89. The molecule has 0 unspecified atom stereocenters. The van der Waals surface area contributed by atoms with Crippen LogP contribution in [0.2, 0.25) is 0 Å². The van der Waals surface area contributed by atoms with Crippen LogP contribution in [0.25, 0.3) is 10.9 Å². The van der Waals surface area contributed by atoms with Gasteiger partial charge in [0, 0.05) is 24.8 Å². The lowest BCUT2D eigenvalue weighted by atomic mass is 10.1. The van der Waals surface area contributed by atoms with Crippen molar-refractivity contribution in [2.75, 3.05) is 18.1 Å². The molecule has 2 nitrogen and oxygen atoms in total. The topological polar surface area (TPSA) is 17.0 Å².